The Labute approximate surface area is 102 Å². The number of rotatable bonds is 4. The van der Waals surface area contributed by atoms with Gasteiger partial charge in [0.25, 0.3) is 0 Å². The highest BCUT2D eigenvalue weighted by Gasteiger charge is 2.14. The number of amides is 1. The van der Waals surface area contributed by atoms with Gasteiger partial charge in [-0.2, -0.15) is 0 Å². The SMILES string of the molecule is O=C(CCc1ccncc1)NC1CCCNC1. The average molecular weight is 233 g/mol. The fourth-order valence-corrected chi connectivity index (χ4v) is 2.08. The summed E-state index contributed by atoms with van der Waals surface area (Å²) >= 11 is 0. The first-order valence-corrected chi connectivity index (χ1v) is 6.23. The summed E-state index contributed by atoms with van der Waals surface area (Å²) in [7, 11) is 0. The molecule has 2 heterocycles. The summed E-state index contributed by atoms with van der Waals surface area (Å²) < 4.78 is 0. The van der Waals surface area contributed by atoms with Crippen LogP contribution in [-0.4, -0.2) is 30.0 Å². The number of carbonyl (C=O) groups excluding carboxylic acids is 1. The molecule has 1 amide bonds. The van der Waals surface area contributed by atoms with E-state index in [2.05, 4.69) is 15.6 Å². The number of nitrogens with zero attached hydrogens (tertiary/aromatic N) is 1. The average Bonchev–Trinajstić information content (AvgIpc) is 2.39. The van der Waals surface area contributed by atoms with Gasteiger partial charge in [-0.05, 0) is 43.5 Å². The van der Waals surface area contributed by atoms with E-state index >= 15 is 0 Å². The molecule has 0 saturated carbocycles. The molecule has 0 aromatic carbocycles. The Bertz CT molecular complexity index is 347. The zero-order valence-corrected chi connectivity index (χ0v) is 9.98. The Morgan fingerprint density at radius 3 is 3.00 bits per heavy atom. The van der Waals surface area contributed by atoms with Crippen LogP contribution in [0.5, 0.6) is 0 Å². The third kappa shape index (κ3) is 4.15. The van der Waals surface area contributed by atoms with Gasteiger partial charge in [-0.3, -0.25) is 9.78 Å². The third-order valence-corrected chi connectivity index (χ3v) is 3.05. The first-order chi connectivity index (χ1) is 8.34. The second-order valence-corrected chi connectivity index (χ2v) is 4.47. The number of aryl methyl sites for hydroxylation is 1. The first-order valence-electron chi connectivity index (χ1n) is 6.23. The minimum atomic E-state index is 0.149. The summed E-state index contributed by atoms with van der Waals surface area (Å²) in [6.07, 6.45) is 7.11. The number of nitrogens with one attached hydrogen (secondary N) is 2. The predicted molar refractivity (Wildman–Crippen MR) is 66.6 cm³/mol. The molecule has 1 aromatic heterocycles. The molecule has 1 aromatic rings. The van der Waals surface area contributed by atoms with Crippen LogP contribution in [0.25, 0.3) is 0 Å². The maximum atomic E-state index is 11.7. The quantitative estimate of drug-likeness (QED) is 0.812. The molecular formula is C13H19N3O. The Morgan fingerprint density at radius 1 is 1.47 bits per heavy atom. The van der Waals surface area contributed by atoms with E-state index in [4.69, 9.17) is 0 Å². The summed E-state index contributed by atoms with van der Waals surface area (Å²) in [5.41, 5.74) is 1.16. The molecule has 0 radical (unpaired) electrons. The van der Waals surface area contributed by atoms with Crippen LogP contribution in [0.2, 0.25) is 0 Å². The topological polar surface area (TPSA) is 54.0 Å². The Balaban J connectivity index is 1.70. The van der Waals surface area contributed by atoms with E-state index in [-0.39, 0.29) is 5.91 Å². The summed E-state index contributed by atoms with van der Waals surface area (Å²) in [5, 5.41) is 6.36. The van der Waals surface area contributed by atoms with Crippen molar-refractivity contribution in [3.05, 3.63) is 30.1 Å². The Morgan fingerprint density at radius 2 is 2.29 bits per heavy atom. The highest BCUT2D eigenvalue weighted by molar-refractivity contribution is 5.76. The minimum absolute atomic E-state index is 0.149. The van der Waals surface area contributed by atoms with Gasteiger partial charge in [0.2, 0.25) is 5.91 Å². The largest absolute Gasteiger partial charge is 0.352 e. The fourth-order valence-electron chi connectivity index (χ4n) is 2.08. The van der Waals surface area contributed by atoms with Gasteiger partial charge in [-0.1, -0.05) is 0 Å². The highest BCUT2D eigenvalue weighted by atomic mass is 16.1. The number of aromatic nitrogens is 1. The molecule has 1 aliphatic rings. The van der Waals surface area contributed by atoms with E-state index in [1.54, 1.807) is 12.4 Å². The van der Waals surface area contributed by atoms with Crippen molar-refractivity contribution in [2.24, 2.45) is 0 Å². The van der Waals surface area contributed by atoms with Crippen molar-refractivity contribution < 1.29 is 4.79 Å². The van der Waals surface area contributed by atoms with Crippen LogP contribution in [0.3, 0.4) is 0 Å². The van der Waals surface area contributed by atoms with Crippen LogP contribution in [0.4, 0.5) is 0 Å². The normalized spacial score (nSPS) is 19.9. The molecule has 17 heavy (non-hydrogen) atoms. The van der Waals surface area contributed by atoms with Gasteiger partial charge in [-0.25, -0.2) is 0 Å². The zero-order chi connectivity index (χ0) is 11.9. The van der Waals surface area contributed by atoms with Crippen LogP contribution >= 0.6 is 0 Å². The second-order valence-electron chi connectivity index (χ2n) is 4.47. The van der Waals surface area contributed by atoms with Crippen molar-refractivity contribution in [3.8, 4) is 0 Å². The molecule has 0 bridgehead atoms. The van der Waals surface area contributed by atoms with Gasteiger partial charge in [0.1, 0.15) is 0 Å². The number of hydrogen-bond donors (Lipinski definition) is 2. The van der Waals surface area contributed by atoms with E-state index in [1.807, 2.05) is 12.1 Å². The fraction of sp³-hybridized carbons (Fsp3) is 0.538. The van der Waals surface area contributed by atoms with Gasteiger partial charge < -0.3 is 10.6 Å². The molecule has 0 spiro atoms. The molecule has 4 heteroatoms. The number of piperidine rings is 1. The van der Waals surface area contributed by atoms with Crippen molar-refractivity contribution in [1.82, 2.24) is 15.6 Å². The van der Waals surface area contributed by atoms with Gasteiger partial charge in [-0.15, -0.1) is 0 Å². The third-order valence-electron chi connectivity index (χ3n) is 3.05. The molecule has 2 N–H and O–H groups in total. The van der Waals surface area contributed by atoms with Crippen LogP contribution in [-0.2, 0) is 11.2 Å². The molecule has 0 aliphatic carbocycles. The van der Waals surface area contributed by atoms with Crippen LogP contribution in [0.15, 0.2) is 24.5 Å². The van der Waals surface area contributed by atoms with E-state index in [0.717, 1.165) is 37.9 Å². The lowest BCUT2D eigenvalue weighted by Gasteiger charge is -2.23. The standard InChI is InChI=1S/C13H19N3O/c17-13(16-12-2-1-7-15-10-12)4-3-11-5-8-14-9-6-11/h5-6,8-9,12,15H,1-4,7,10H2,(H,16,17). The lowest BCUT2D eigenvalue weighted by molar-refractivity contribution is -0.121. The molecule has 4 nitrogen and oxygen atoms in total. The lowest BCUT2D eigenvalue weighted by Crippen LogP contribution is -2.45. The molecule has 1 unspecified atom stereocenters. The van der Waals surface area contributed by atoms with Gasteiger partial charge in [0, 0.05) is 31.4 Å². The van der Waals surface area contributed by atoms with Gasteiger partial charge in [0.15, 0.2) is 0 Å². The summed E-state index contributed by atoms with van der Waals surface area (Å²) in [6, 6.07) is 4.22. The maximum absolute atomic E-state index is 11.7. The van der Waals surface area contributed by atoms with Gasteiger partial charge >= 0.3 is 0 Å². The molecule has 1 aliphatic heterocycles. The van der Waals surface area contributed by atoms with Crippen LogP contribution in [0, 0.1) is 0 Å². The highest BCUT2D eigenvalue weighted by Crippen LogP contribution is 2.04. The van der Waals surface area contributed by atoms with Crippen LogP contribution in [0.1, 0.15) is 24.8 Å². The summed E-state index contributed by atoms with van der Waals surface area (Å²) in [5.74, 6) is 0.149. The molecule has 1 fully saturated rings. The Kier molecular flexibility index (Phi) is 4.50. The maximum Gasteiger partial charge on any atom is 0.220 e. The zero-order valence-electron chi connectivity index (χ0n) is 9.98. The van der Waals surface area contributed by atoms with Crippen molar-refractivity contribution in [3.63, 3.8) is 0 Å². The smallest absolute Gasteiger partial charge is 0.220 e. The monoisotopic (exact) mass is 233 g/mol. The second kappa shape index (κ2) is 6.35. The van der Waals surface area contributed by atoms with Crippen molar-refractivity contribution >= 4 is 5.91 Å². The van der Waals surface area contributed by atoms with E-state index in [0.29, 0.717) is 12.5 Å². The Hall–Kier alpha value is -1.42. The van der Waals surface area contributed by atoms with Crippen molar-refractivity contribution in [2.75, 3.05) is 13.1 Å². The molecule has 1 atom stereocenters. The number of carbonyl (C=O) groups is 1. The van der Waals surface area contributed by atoms with Gasteiger partial charge in [0.05, 0.1) is 0 Å². The summed E-state index contributed by atoms with van der Waals surface area (Å²) in [4.78, 5) is 15.7. The lowest BCUT2D eigenvalue weighted by atomic mass is 10.1. The number of pyridine rings is 1. The van der Waals surface area contributed by atoms with E-state index in [1.165, 1.54) is 0 Å². The van der Waals surface area contributed by atoms with Crippen molar-refractivity contribution in [2.45, 2.75) is 31.7 Å². The summed E-state index contributed by atoms with van der Waals surface area (Å²) in [6.45, 7) is 1.98. The first kappa shape index (κ1) is 12.0. The van der Waals surface area contributed by atoms with Crippen molar-refractivity contribution in [1.29, 1.82) is 0 Å². The molecule has 2 rings (SSSR count). The molecule has 92 valence electrons. The molecular weight excluding hydrogens is 214 g/mol. The number of hydrogen-bond acceptors (Lipinski definition) is 3. The van der Waals surface area contributed by atoms with E-state index < -0.39 is 0 Å². The minimum Gasteiger partial charge on any atom is -0.352 e. The predicted octanol–water partition coefficient (Wildman–Crippen LogP) is 0.882. The van der Waals surface area contributed by atoms with E-state index in [9.17, 15) is 4.79 Å². The molecule has 1 saturated heterocycles. The van der Waals surface area contributed by atoms with Crippen LogP contribution < -0.4 is 10.6 Å².